The van der Waals surface area contributed by atoms with Gasteiger partial charge in [0.25, 0.3) is 0 Å². The Morgan fingerprint density at radius 2 is 1.88 bits per heavy atom. The fraction of sp³-hybridized carbons (Fsp3) is 0.600. The van der Waals surface area contributed by atoms with Gasteiger partial charge in [-0.2, -0.15) is 18.2 Å². The van der Waals surface area contributed by atoms with Crippen LogP contribution in [0.1, 0.15) is 30.8 Å². The third-order valence-electron chi connectivity index (χ3n) is 5.63. The standard InChI is InChI=1S/C20H28F3N5O3S/c1-15(28-11-9-27(10-12-28)8-5-13-32(29,30)26(2)3)19-24-18(25-31-19)16-6-4-7-17(14-16)20(21,22)23/h4,6-7,14-15H,5,8-13H2,1-3H3. The first-order valence-electron chi connectivity index (χ1n) is 10.4. The van der Waals surface area contributed by atoms with Crippen LogP contribution in [0.25, 0.3) is 11.4 Å². The van der Waals surface area contributed by atoms with Gasteiger partial charge in [-0.25, -0.2) is 12.7 Å². The molecule has 0 radical (unpaired) electrons. The lowest BCUT2D eigenvalue weighted by Gasteiger charge is -2.36. The smallest absolute Gasteiger partial charge is 0.337 e. The SMILES string of the molecule is CC(c1nc(-c2cccc(C(F)(F)F)c2)no1)N1CCN(CCCS(=O)(=O)N(C)C)CC1. The molecular formula is C20H28F3N5O3S. The number of rotatable bonds is 8. The van der Waals surface area contributed by atoms with Crippen molar-refractivity contribution < 1.29 is 26.1 Å². The summed E-state index contributed by atoms with van der Waals surface area (Å²) in [4.78, 5) is 8.70. The minimum absolute atomic E-state index is 0.122. The molecule has 0 spiro atoms. The fourth-order valence-corrected chi connectivity index (χ4v) is 4.40. The Morgan fingerprint density at radius 1 is 1.19 bits per heavy atom. The summed E-state index contributed by atoms with van der Waals surface area (Å²) in [5.41, 5.74) is -0.511. The molecule has 0 bridgehead atoms. The number of aromatic nitrogens is 2. The minimum Gasteiger partial charge on any atom is -0.337 e. The molecule has 12 heteroatoms. The molecule has 0 amide bonds. The Hall–Kier alpha value is -2.02. The second-order valence-corrected chi connectivity index (χ2v) is 10.3. The van der Waals surface area contributed by atoms with Crippen molar-refractivity contribution in [2.24, 2.45) is 0 Å². The maximum Gasteiger partial charge on any atom is 0.416 e. The first kappa shape index (κ1) is 24.6. The normalized spacial score (nSPS) is 17.7. The Morgan fingerprint density at radius 3 is 2.50 bits per heavy atom. The van der Waals surface area contributed by atoms with E-state index >= 15 is 0 Å². The lowest BCUT2D eigenvalue weighted by Crippen LogP contribution is -2.47. The van der Waals surface area contributed by atoms with Gasteiger partial charge in [0.1, 0.15) is 0 Å². The molecule has 1 saturated heterocycles. The van der Waals surface area contributed by atoms with Crippen molar-refractivity contribution in [3.8, 4) is 11.4 Å². The Balaban J connectivity index is 1.54. The summed E-state index contributed by atoms with van der Waals surface area (Å²) in [6, 6.07) is 4.67. The molecule has 0 saturated carbocycles. The highest BCUT2D eigenvalue weighted by molar-refractivity contribution is 7.89. The number of hydrogen-bond acceptors (Lipinski definition) is 7. The van der Waals surface area contributed by atoms with Crippen LogP contribution in [0.3, 0.4) is 0 Å². The number of alkyl halides is 3. The number of benzene rings is 1. The summed E-state index contributed by atoms with van der Waals surface area (Å²) < 4.78 is 69.2. The molecule has 8 nitrogen and oxygen atoms in total. The highest BCUT2D eigenvalue weighted by atomic mass is 32.2. The first-order chi connectivity index (χ1) is 15.0. The molecule has 2 heterocycles. The van der Waals surface area contributed by atoms with Gasteiger partial charge >= 0.3 is 6.18 Å². The van der Waals surface area contributed by atoms with Gasteiger partial charge in [0.15, 0.2) is 0 Å². The van der Waals surface area contributed by atoms with Crippen molar-refractivity contribution in [1.82, 2.24) is 24.2 Å². The van der Waals surface area contributed by atoms with Crippen LogP contribution in [-0.2, 0) is 16.2 Å². The summed E-state index contributed by atoms with van der Waals surface area (Å²) in [6.45, 7) is 5.66. The maximum atomic E-state index is 13.0. The Labute approximate surface area is 186 Å². The van der Waals surface area contributed by atoms with Gasteiger partial charge < -0.3 is 9.42 Å². The van der Waals surface area contributed by atoms with Gasteiger partial charge in [-0.3, -0.25) is 4.90 Å². The number of sulfonamides is 1. The monoisotopic (exact) mass is 475 g/mol. The predicted octanol–water partition coefficient (Wildman–Crippen LogP) is 2.72. The van der Waals surface area contributed by atoms with Crippen LogP contribution in [0.2, 0.25) is 0 Å². The summed E-state index contributed by atoms with van der Waals surface area (Å²) in [5.74, 6) is 0.596. The lowest BCUT2D eigenvalue weighted by atomic mass is 10.1. The van der Waals surface area contributed by atoms with E-state index in [0.29, 0.717) is 18.9 Å². The van der Waals surface area contributed by atoms with Crippen LogP contribution in [0.5, 0.6) is 0 Å². The summed E-state index contributed by atoms with van der Waals surface area (Å²) in [5, 5.41) is 3.87. The van der Waals surface area contributed by atoms with Crippen molar-refractivity contribution in [3.63, 3.8) is 0 Å². The summed E-state index contributed by atoms with van der Waals surface area (Å²) in [7, 11) is -0.118. The van der Waals surface area contributed by atoms with Crippen molar-refractivity contribution in [2.75, 3.05) is 52.6 Å². The van der Waals surface area contributed by atoms with Crippen LogP contribution >= 0.6 is 0 Å². The van der Waals surface area contributed by atoms with Crippen LogP contribution in [0, 0.1) is 0 Å². The van der Waals surface area contributed by atoms with Gasteiger partial charge in [-0.1, -0.05) is 17.3 Å². The highest BCUT2D eigenvalue weighted by Gasteiger charge is 2.31. The zero-order valence-electron chi connectivity index (χ0n) is 18.3. The van der Waals surface area contributed by atoms with Gasteiger partial charge in [-0.05, 0) is 32.0 Å². The highest BCUT2D eigenvalue weighted by Crippen LogP contribution is 2.32. The van der Waals surface area contributed by atoms with Crippen molar-refractivity contribution in [2.45, 2.75) is 25.6 Å². The van der Waals surface area contributed by atoms with Gasteiger partial charge in [0.2, 0.25) is 21.7 Å². The molecule has 178 valence electrons. The number of hydrogen-bond donors (Lipinski definition) is 0. The van der Waals surface area contributed by atoms with Crippen LogP contribution in [0.4, 0.5) is 13.2 Å². The third kappa shape index (κ3) is 6.06. The molecule has 1 aromatic carbocycles. The average molecular weight is 476 g/mol. The van der Waals surface area contributed by atoms with Crippen molar-refractivity contribution in [1.29, 1.82) is 0 Å². The molecular weight excluding hydrogens is 447 g/mol. The lowest BCUT2D eigenvalue weighted by molar-refractivity contribution is -0.137. The molecule has 3 rings (SSSR count). The van der Waals surface area contributed by atoms with E-state index in [1.807, 2.05) is 6.92 Å². The average Bonchev–Trinajstić information content (AvgIpc) is 3.23. The predicted molar refractivity (Wildman–Crippen MR) is 113 cm³/mol. The molecule has 1 aliphatic rings. The van der Waals surface area contributed by atoms with Crippen LogP contribution in [0.15, 0.2) is 28.8 Å². The van der Waals surface area contributed by atoms with E-state index in [2.05, 4.69) is 19.9 Å². The second-order valence-electron chi connectivity index (χ2n) is 8.04. The van der Waals surface area contributed by atoms with Crippen LogP contribution in [-0.4, -0.2) is 85.2 Å². The maximum absolute atomic E-state index is 13.0. The molecule has 0 N–H and O–H groups in total. The molecule has 1 aliphatic heterocycles. The van der Waals surface area contributed by atoms with Crippen molar-refractivity contribution in [3.05, 3.63) is 35.7 Å². The summed E-state index contributed by atoms with van der Waals surface area (Å²) in [6.07, 6.45) is -3.87. The number of halogens is 3. The zero-order valence-corrected chi connectivity index (χ0v) is 19.2. The number of piperazine rings is 1. The zero-order chi connectivity index (χ0) is 23.5. The third-order valence-corrected chi connectivity index (χ3v) is 7.55. The van der Waals surface area contributed by atoms with Gasteiger partial charge in [0.05, 0.1) is 17.4 Å². The molecule has 32 heavy (non-hydrogen) atoms. The van der Waals surface area contributed by atoms with E-state index in [1.165, 1.54) is 30.5 Å². The molecule has 1 aromatic heterocycles. The molecule has 1 atom stereocenters. The summed E-state index contributed by atoms with van der Waals surface area (Å²) >= 11 is 0. The Kier molecular flexibility index (Phi) is 7.58. The van der Waals surface area contributed by atoms with E-state index < -0.39 is 21.8 Å². The number of nitrogens with zero attached hydrogens (tertiary/aromatic N) is 5. The van der Waals surface area contributed by atoms with Crippen molar-refractivity contribution >= 4 is 10.0 Å². The molecule has 1 unspecified atom stereocenters. The molecule has 1 fully saturated rings. The molecule has 0 aliphatic carbocycles. The first-order valence-corrected chi connectivity index (χ1v) is 12.0. The minimum atomic E-state index is -4.44. The van der Waals surface area contributed by atoms with E-state index in [0.717, 1.165) is 38.3 Å². The van der Waals surface area contributed by atoms with E-state index in [1.54, 1.807) is 0 Å². The Bertz CT molecular complexity index is 1000. The molecule has 2 aromatic rings. The second kappa shape index (κ2) is 9.86. The fourth-order valence-electron chi connectivity index (χ4n) is 3.54. The van der Waals surface area contributed by atoms with Gasteiger partial charge in [0, 0.05) is 45.8 Å². The van der Waals surface area contributed by atoms with E-state index in [9.17, 15) is 21.6 Å². The largest absolute Gasteiger partial charge is 0.416 e. The van der Waals surface area contributed by atoms with E-state index in [4.69, 9.17) is 4.52 Å². The van der Waals surface area contributed by atoms with Gasteiger partial charge in [-0.15, -0.1) is 0 Å². The van der Waals surface area contributed by atoms with Crippen LogP contribution < -0.4 is 0 Å². The van der Waals surface area contributed by atoms with E-state index in [-0.39, 0.29) is 23.2 Å². The quantitative estimate of drug-likeness (QED) is 0.581. The topological polar surface area (TPSA) is 82.8 Å².